The number of anilines is 1. The Kier molecular flexibility index (Phi) is 4.36. The molecule has 1 heterocycles. The number of piperidine rings is 1. The lowest BCUT2D eigenvalue weighted by Crippen LogP contribution is -2.31. The van der Waals surface area contributed by atoms with Crippen molar-refractivity contribution in [1.29, 1.82) is 0 Å². The fraction of sp³-hybridized carbons (Fsp3) is 0.353. The van der Waals surface area contributed by atoms with E-state index in [-0.39, 0.29) is 6.09 Å². The zero-order valence-corrected chi connectivity index (χ0v) is 12.0. The van der Waals surface area contributed by atoms with Gasteiger partial charge in [0, 0.05) is 5.39 Å². The third-order valence-corrected chi connectivity index (χ3v) is 3.94. The summed E-state index contributed by atoms with van der Waals surface area (Å²) in [6.45, 7) is 2.52. The molecular weight excluding hydrogens is 264 g/mol. The first-order chi connectivity index (χ1) is 10.3. The highest BCUT2D eigenvalue weighted by atomic mass is 16.5. The average molecular weight is 284 g/mol. The van der Waals surface area contributed by atoms with Crippen LogP contribution in [0.2, 0.25) is 0 Å². The van der Waals surface area contributed by atoms with Gasteiger partial charge in [-0.15, -0.1) is 0 Å². The Hall–Kier alpha value is -2.07. The summed E-state index contributed by atoms with van der Waals surface area (Å²) in [7, 11) is 0. The molecule has 0 atom stereocenters. The van der Waals surface area contributed by atoms with E-state index in [1.54, 1.807) is 0 Å². The van der Waals surface area contributed by atoms with Gasteiger partial charge in [0.1, 0.15) is 0 Å². The van der Waals surface area contributed by atoms with Gasteiger partial charge in [0.25, 0.3) is 0 Å². The summed E-state index contributed by atoms with van der Waals surface area (Å²) in [6.07, 6.45) is 1.77. The summed E-state index contributed by atoms with van der Waals surface area (Å²) in [4.78, 5) is 11.9. The molecule has 3 rings (SSSR count). The van der Waals surface area contributed by atoms with E-state index in [1.165, 1.54) is 0 Å². The van der Waals surface area contributed by atoms with Gasteiger partial charge >= 0.3 is 6.09 Å². The summed E-state index contributed by atoms with van der Waals surface area (Å²) < 4.78 is 5.36. The molecular formula is C17H20N2O2. The molecule has 1 amide bonds. The second kappa shape index (κ2) is 6.59. The number of rotatable bonds is 3. The van der Waals surface area contributed by atoms with Crippen molar-refractivity contribution < 1.29 is 9.53 Å². The highest BCUT2D eigenvalue weighted by molar-refractivity contribution is 6.00. The molecule has 0 unspecified atom stereocenters. The third-order valence-electron chi connectivity index (χ3n) is 3.94. The molecule has 2 aromatic rings. The molecule has 4 nitrogen and oxygen atoms in total. The Morgan fingerprint density at radius 1 is 1.14 bits per heavy atom. The summed E-state index contributed by atoms with van der Waals surface area (Å²) >= 11 is 0. The lowest BCUT2D eigenvalue weighted by Gasteiger charge is -2.22. The van der Waals surface area contributed by atoms with Gasteiger partial charge in [0.05, 0.1) is 12.3 Å². The molecule has 1 aliphatic rings. The van der Waals surface area contributed by atoms with Gasteiger partial charge in [-0.2, -0.15) is 0 Å². The van der Waals surface area contributed by atoms with E-state index in [0.29, 0.717) is 12.5 Å². The molecule has 110 valence electrons. The largest absolute Gasteiger partial charge is 0.449 e. The van der Waals surface area contributed by atoms with Crippen LogP contribution in [0.4, 0.5) is 10.5 Å². The minimum absolute atomic E-state index is 0.370. The van der Waals surface area contributed by atoms with Crippen LogP contribution in [0.15, 0.2) is 42.5 Å². The van der Waals surface area contributed by atoms with E-state index in [4.69, 9.17) is 4.74 Å². The molecule has 0 aromatic heterocycles. The second-order valence-corrected chi connectivity index (χ2v) is 5.44. The van der Waals surface area contributed by atoms with Crippen LogP contribution in [0.1, 0.15) is 12.8 Å². The van der Waals surface area contributed by atoms with E-state index >= 15 is 0 Å². The lowest BCUT2D eigenvalue weighted by atomic mass is 9.99. The number of carbonyl (C=O) groups is 1. The van der Waals surface area contributed by atoms with E-state index in [1.807, 2.05) is 42.5 Å². The maximum absolute atomic E-state index is 11.9. The molecule has 1 aliphatic heterocycles. The van der Waals surface area contributed by atoms with Crippen molar-refractivity contribution in [2.45, 2.75) is 12.8 Å². The zero-order chi connectivity index (χ0) is 14.5. The van der Waals surface area contributed by atoms with Crippen molar-refractivity contribution in [3.63, 3.8) is 0 Å². The molecule has 2 N–H and O–H groups in total. The fourth-order valence-corrected chi connectivity index (χ4v) is 2.72. The van der Waals surface area contributed by atoms with Crippen LogP contribution in [0, 0.1) is 5.92 Å². The van der Waals surface area contributed by atoms with Crippen molar-refractivity contribution in [3.05, 3.63) is 42.5 Å². The summed E-state index contributed by atoms with van der Waals surface area (Å²) in [6, 6.07) is 13.8. The van der Waals surface area contributed by atoms with Gasteiger partial charge in [-0.25, -0.2) is 4.79 Å². The Balaban J connectivity index is 1.61. The van der Waals surface area contributed by atoms with E-state index < -0.39 is 0 Å². The zero-order valence-electron chi connectivity index (χ0n) is 12.0. The van der Waals surface area contributed by atoms with Crippen LogP contribution < -0.4 is 10.6 Å². The standard InChI is InChI=1S/C17H20N2O2/c20-17(21-12-13-8-10-18-11-9-13)19-16-7-3-5-14-4-1-2-6-15(14)16/h1-7,13,18H,8-12H2,(H,19,20). The Bertz CT molecular complexity index is 616. The predicted octanol–water partition coefficient (Wildman–Crippen LogP) is 3.39. The Morgan fingerprint density at radius 2 is 1.90 bits per heavy atom. The molecule has 0 radical (unpaired) electrons. The number of hydrogen-bond acceptors (Lipinski definition) is 3. The van der Waals surface area contributed by atoms with E-state index in [2.05, 4.69) is 10.6 Å². The molecule has 0 aliphatic carbocycles. The molecule has 0 saturated carbocycles. The Labute approximate surface area is 124 Å². The highest BCUT2D eigenvalue weighted by Gasteiger charge is 2.15. The third kappa shape index (κ3) is 3.52. The predicted molar refractivity (Wildman–Crippen MR) is 84.5 cm³/mol. The number of benzene rings is 2. The number of carbonyl (C=O) groups excluding carboxylic acids is 1. The van der Waals surface area contributed by atoms with Gasteiger partial charge in [-0.05, 0) is 43.3 Å². The SMILES string of the molecule is O=C(Nc1cccc2ccccc12)OCC1CCNCC1. The smallest absolute Gasteiger partial charge is 0.411 e. The highest BCUT2D eigenvalue weighted by Crippen LogP contribution is 2.23. The molecule has 0 bridgehead atoms. The van der Waals surface area contributed by atoms with Crippen LogP contribution in [0.5, 0.6) is 0 Å². The van der Waals surface area contributed by atoms with E-state index in [0.717, 1.165) is 42.4 Å². The van der Waals surface area contributed by atoms with Crippen molar-refractivity contribution in [2.75, 3.05) is 25.0 Å². The molecule has 4 heteroatoms. The number of nitrogens with one attached hydrogen (secondary N) is 2. The first-order valence-electron chi connectivity index (χ1n) is 7.45. The topological polar surface area (TPSA) is 50.4 Å². The lowest BCUT2D eigenvalue weighted by molar-refractivity contribution is 0.131. The van der Waals surface area contributed by atoms with Crippen molar-refractivity contribution in [1.82, 2.24) is 5.32 Å². The minimum atomic E-state index is -0.370. The molecule has 2 aromatic carbocycles. The van der Waals surface area contributed by atoms with Crippen LogP contribution in [-0.4, -0.2) is 25.8 Å². The molecule has 1 fully saturated rings. The number of amides is 1. The molecule has 21 heavy (non-hydrogen) atoms. The van der Waals surface area contributed by atoms with Crippen molar-refractivity contribution >= 4 is 22.6 Å². The quantitative estimate of drug-likeness (QED) is 0.908. The van der Waals surface area contributed by atoms with Gasteiger partial charge in [-0.1, -0.05) is 36.4 Å². The maximum Gasteiger partial charge on any atom is 0.411 e. The minimum Gasteiger partial charge on any atom is -0.449 e. The van der Waals surface area contributed by atoms with Crippen LogP contribution in [-0.2, 0) is 4.74 Å². The summed E-state index contributed by atoms with van der Waals surface area (Å²) in [5.41, 5.74) is 0.795. The first-order valence-corrected chi connectivity index (χ1v) is 7.45. The van der Waals surface area contributed by atoms with Crippen LogP contribution >= 0.6 is 0 Å². The average Bonchev–Trinajstić information content (AvgIpc) is 2.54. The number of fused-ring (bicyclic) bond motifs is 1. The summed E-state index contributed by atoms with van der Waals surface area (Å²) in [5.74, 6) is 0.476. The Morgan fingerprint density at radius 3 is 2.76 bits per heavy atom. The first kappa shape index (κ1) is 13.9. The molecule has 0 spiro atoms. The van der Waals surface area contributed by atoms with E-state index in [9.17, 15) is 4.79 Å². The van der Waals surface area contributed by atoms with Gasteiger partial charge in [0.15, 0.2) is 0 Å². The van der Waals surface area contributed by atoms with Gasteiger partial charge in [0.2, 0.25) is 0 Å². The van der Waals surface area contributed by atoms with Crippen LogP contribution in [0.3, 0.4) is 0 Å². The maximum atomic E-state index is 11.9. The summed E-state index contributed by atoms with van der Waals surface area (Å²) in [5, 5.41) is 8.29. The van der Waals surface area contributed by atoms with Crippen LogP contribution in [0.25, 0.3) is 10.8 Å². The molecule has 1 saturated heterocycles. The second-order valence-electron chi connectivity index (χ2n) is 5.44. The normalized spacial score (nSPS) is 15.8. The van der Waals surface area contributed by atoms with Crippen molar-refractivity contribution in [3.8, 4) is 0 Å². The number of hydrogen-bond donors (Lipinski definition) is 2. The van der Waals surface area contributed by atoms with Crippen molar-refractivity contribution in [2.24, 2.45) is 5.92 Å². The number of ether oxygens (including phenoxy) is 1. The fourth-order valence-electron chi connectivity index (χ4n) is 2.72. The van der Waals surface area contributed by atoms with Gasteiger partial charge < -0.3 is 10.1 Å². The van der Waals surface area contributed by atoms with Gasteiger partial charge in [-0.3, -0.25) is 5.32 Å². The monoisotopic (exact) mass is 284 g/mol.